The van der Waals surface area contributed by atoms with Crippen molar-refractivity contribution in [3.63, 3.8) is 0 Å². The summed E-state index contributed by atoms with van der Waals surface area (Å²) in [5, 5.41) is 12.0. The van der Waals surface area contributed by atoms with Crippen molar-refractivity contribution in [2.75, 3.05) is 34.4 Å². The minimum absolute atomic E-state index is 0.128. The van der Waals surface area contributed by atoms with Gasteiger partial charge in [-0.3, -0.25) is 0 Å². The molecule has 0 radical (unpaired) electrons. The van der Waals surface area contributed by atoms with Crippen LogP contribution in [-0.4, -0.2) is 53.9 Å². The molecule has 3 rings (SSSR count). The predicted molar refractivity (Wildman–Crippen MR) is 173 cm³/mol. The smallest absolute Gasteiger partial charge is 0.191 e. The molecule has 2 aromatic rings. The summed E-state index contributed by atoms with van der Waals surface area (Å²) < 4.78 is 34.0. The number of hydrogen-bond donors (Lipinski definition) is 1. The number of aliphatic hydroxyl groups is 1. The third kappa shape index (κ3) is 9.23. The average molecular weight is 613 g/mol. The van der Waals surface area contributed by atoms with Gasteiger partial charge in [0.05, 0.1) is 11.5 Å². The van der Waals surface area contributed by atoms with Gasteiger partial charge in [0.25, 0.3) is 0 Å². The lowest BCUT2D eigenvalue weighted by atomic mass is 9.69. The Morgan fingerprint density at radius 2 is 1.49 bits per heavy atom. The lowest BCUT2D eigenvalue weighted by Crippen LogP contribution is -2.48. The number of aliphatic hydroxyl groups excluding tert-OH is 1. The Labute approximate surface area is 260 Å². The van der Waals surface area contributed by atoms with E-state index in [-0.39, 0.29) is 18.6 Å². The van der Waals surface area contributed by atoms with Crippen LogP contribution in [0.3, 0.4) is 0 Å². The van der Waals surface area contributed by atoms with Crippen LogP contribution in [0.15, 0.2) is 42.5 Å². The van der Waals surface area contributed by atoms with Gasteiger partial charge in [0, 0.05) is 38.9 Å². The highest BCUT2D eigenvalue weighted by Crippen LogP contribution is 2.49. The summed E-state index contributed by atoms with van der Waals surface area (Å²) in [5.74, 6) is 8.60. The zero-order chi connectivity index (χ0) is 31.5. The number of methoxy groups -OCH3 is 2. The number of rotatable bonds is 15. The molecule has 0 saturated carbocycles. The second-order valence-electron chi connectivity index (χ2n) is 13.0. The first kappa shape index (κ1) is 34.9. The fourth-order valence-electron chi connectivity index (χ4n) is 4.86. The monoisotopic (exact) mass is 612 g/mol. The van der Waals surface area contributed by atoms with Crippen LogP contribution >= 0.6 is 0 Å². The van der Waals surface area contributed by atoms with Gasteiger partial charge < -0.3 is 33.2 Å². The highest BCUT2D eigenvalue weighted by molar-refractivity contribution is 6.74. The van der Waals surface area contributed by atoms with Crippen molar-refractivity contribution >= 4 is 8.32 Å². The molecule has 2 aromatic carbocycles. The Balaban J connectivity index is 1.65. The van der Waals surface area contributed by atoms with Gasteiger partial charge in [-0.1, -0.05) is 64.0 Å². The lowest BCUT2D eigenvalue weighted by molar-refractivity contribution is 0.00424. The normalized spacial score (nSPS) is 20.0. The number of fused-ring (bicyclic) bond motifs is 1. The van der Waals surface area contributed by atoms with E-state index < -0.39 is 25.9 Å². The zero-order valence-electron chi connectivity index (χ0n) is 27.5. The molecule has 238 valence electrons. The van der Waals surface area contributed by atoms with Gasteiger partial charge >= 0.3 is 0 Å². The molecule has 8 heteroatoms. The van der Waals surface area contributed by atoms with Gasteiger partial charge in [-0.15, -0.1) is 0 Å². The molecule has 3 atom stereocenters. The topological polar surface area (TPSA) is 75.6 Å². The van der Waals surface area contributed by atoms with Gasteiger partial charge in [0.15, 0.2) is 28.0 Å². The van der Waals surface area contributed by atoms with E-state index in [4.69, 9.17) is 28.1 Å². The molecule has 7 nitrogen and oxygen atoms in total. The lowest BCUT2D eigenvalue weighted by Gasteiger charge is -2.44. The number of benzene rings is 2. The number of hydrogen-bond acceptors (Lipinski definition) is 7. The Bertz CT molecular complexity index is 1200. The highest BCUT2D eigenvalue weighted by atomic mass is 28.4. The third-order valence-electron chi connectivity index (χ3n) is 8.75. The fourth-order valence-corrected chi connectivity index (χ4v) is 5.94. The van der Waals surface area contributed by atoms with Crippen molar-refractivity contribution in [1.82, 2.24) is 0 Å². The maximum absolute atomic E-state index is 11.7. The second kappa shape index (κ2) is 16.0. The maximum Gasteiger partial charge on any atom is 0.191 e. The molecular weight excluding hydrogens is 560 g/mol. The first-order valence-electron chi connectivity index (χ1n) is 15.4. The molecule has 0 amide bonds. The molecule has 0 saturated heterocycles. The van der Waals surface area contributed by atoms with E-state index in [1.54, 1.807) is 20.3 Å². The summed E-state index contributed by atoms with van der Waals surface area (Å²) in [7, 11) is 1.50. The maximum atomic E-state index is 11.7. The first-order valence-corrected chi connectivity index (χ1v) is 18.3. The molecule has 43 heavy (non-hydrogen) atoms. The summed E-state index contributed by atoms with van der Waals surface area (Å²) in [6, 6.07) is 13.1. The van der Waals surface area contributed by atoms with Gasteiger partial charge in [0.1, 0.15) is 17.2 Å². The second-order valence-corrected chi connectivity index (χ2v) is 17.8. The number of unbranched alkanes of at least 4 members (excludes halogenated alkanes) is 5. The Hall–Kier alpha value is -2.54. The van der Waals surface area contributed by atoms with E-state index in [1.807, 2.05) is 43.3 Å². The zero-order valence-corrected chi connectivity index (χ0v) is 28.5. The molecule has 0 aromatic heterocycles. The van der Waals surface area contributed by atoms with E-state index in [2.05, 4.69) is 45.7 Å². The van der Waals surface area contributed by atoms with Crippen LogP contribution in [-0.2, 0) is 19.3 Å². The van der Waals surface area contributed by atoms with Crippen LogP contribution in [0.5, 0.6) is 17.2 Å². The van der Waals surface area contributed by atoms with Gasteiger partial charge in [-0.05, 0) is 67.7 Å². The fraction of sp³-hybridized carbons (Fsp3) is 0.600. The minimum Gasteiger partial charge on any atom is -0.476 e. The van der Waals surface area contributed by atoms with Crippen LogP contribution in [0.25, 0.3) is 0 Å². The van der Waals surface area contributed by atoms with Crippen LogP contribution in [0.4, 0.5) is 0 Å². The van der Waals surface area contributed by atoms with Crippen molar-refractivity contribution in [2.24, 2.45) is 0 Å². The van der Waals surface area contributed by atoms with E-state index in [0.29, 0.717) is 22.8 Å². The van der Waals surface area contributed by atoms with Crippen molar-refractivity contribution in [3.05, 3.63) is 53.6 Å². The third-order valence-corrected chi connectivity index (χ3v) is 13.3. The summed E-state index contributed by atoms with van der Waals surface area (Å²) in [6.45, 7) is 14.6. The van der Waals surface area contributed by atoms with E-state index in [9.17, 15) is 5.11 Å². The van der Waals surface area contributed by atoms with Crippen LogP contribution in [0.2, 0.25) is 18.1 Å². The molecule has 1 N–H and O–H groups in total. The highest BCUT2D eigenvalue weighted by Gasteiger charge is 2.48. The molecule has 0 bridgehead atoms. The Kier molecular flexibility index (Phi) is 13.0. The van der Waals surface area contributed by atoms with E-state index in [1.165, 1.54) is 12.8 Å². The van der Waals surface area contributed by atoms with Crippen molar-refractivity contribution in [2.45, 2.75) is 102 Å². The van der Waals surface area contributed by atoms with Crippen molar-refractivity contribution in [3.8, 4) is 29.1 Å². The van der Waals surface area contributed by atoms with E-state index >= 15 is 0 Å². The predicted octanol–water partition coefficient (Wildman–Crippen LogP) is 7.77. The summed E-state index contributed by atoms with van der Waals surface area (Å²) in [5.41, 5.74) is 0.802. The SMILES string of the molecule is COCOc1ccc(C2(C)C(C#CCCCCCCCO[Si](C)(C)C(C)(C)C)Oc3cc(OCOC)ccc3C2O)cc1. The summed E-state index contributed by atoms with van der Waals surface area (Å²) in [6.07, 6.45) is 4.98. The van der Waals surface area contributed by atoms with Crippen molar-refractivity contribution in [1.29, 1.82) is 0 Å². The van der Waals surface area contributed by atoms with Crippen LogP contribution < -0.4 is 14.2 Å². The molecule has 0 fully saturated rings. The standard InChI is InChI=1S/C35H52O7Si/c1-34(2,3)43(7,8)41-23-15-13-11-9-10-12-14-16-32-35(4,27-17-19-28(20-18-27)39-25-37-5)33(36)30-22-21-29(40-26-38-6)24-31(30)42-32/h17-22,24,32-33,36H,9-13,15,23,25-26H2,1-8H3. The molecule has 1 heterocycles. The van der Waals surface area contributed by atoms with E-state index in [0.717, 1.165) is 37.9 Å². The first-order chi connectivity index (χ1) is 20.4. The average Bonchev–Trinajstić information content (AvgIpc) is 2.97. The van der Waals surface area contributed by atoms with Crippen molar-refractivity contribution < 1.29 is 33.2 Å². The molecular formula is C35H52O7Si. The summed E-state index contributed by atoms with van der Waals surface area (Å²) in [4.78, 5) is 0. The van der Waals surface area contributed by atoms with Gasteiger partial charge in [-0.2, -0.15) is 0 Å². The summed E-state index contributed by atoms with van der Waals surface area (Å²) >= 11 is 0. The molecule has 1 aliphatic rings. The molecule has 0 aliphatic carbocycles. The van der Waals surface area contributed by atoms with Crippen LogP contribution in [0.1, 0.15) is 83.5 Å². The number of ether oxygens (including phenoxy) is 5. The van der Waals surface area contributed by atoms with Gasteiger partial charge in [0.2, 0.25) is 0 Å². The molecule has 3 unspecified atom stereocenters. The quantitative estimate of drug-likeness (QED) is 0.0953. The Morgan fingerprint density at radius 3 is 2.14 bits per heavy atom. The van der Waals surface area contributed by atoms with Crippen LogP contribution in [0, 0.1) is 11.8 Å². The minimum atomic E-state index is -1.66. The van der Waals surface area contributed by atoms with Gasteiger partial charge in [-0.25, -0.2) is 0 Å². The Morgan fingerprint density at radius 1 is 0.884 bits per heavy atom. The largest absolute Gasteiger partial charge is 0.476 e. The molecule has 0 spiro atoms. The molecule has 1 aliphatic heterocycles.